The number of carbonyl (C=O) groups is 2. The number of ether oxygens (including phenoxy) is 2. The maximum absolute atomic E-state index is 12.9. The molecule has 36 heavy (non-hydrogen) atoms. The highest BCUT2D eigenvalue weighted by atomic mass is 16.6. The number of pyridine rings is 1. The molecule has 0 bridgehead atoms. The van der Waals surface area contributed by atoms with Crippen molar-refractivity contribution in [3.63, 3.8) is 0 Å². The Balaban J connectivity index is 1.62. The molecule has 0 aliphatic heterocycles. The van der Waals surface area contributed by atoms with Crippen molar-refractivity contribution in [2.75, 3.05) is 13.2 Å². The Bertz CT molecular complexity index is 1270. The van der Waals surface area contributed by atoms with Gasteiger partial charge in [-0.2, -0.15) is 5.10 Å². The highest BCUT2D eigenvalue weighted by Gasteiger charge is 2.29. The minimum atomic E-state index is -0.588. The van der Waals surface area contributed by atoms with Crippen molar-refractivity contribution in [2.45, 2.75) is 52.7 Å². The molecule has 2 heterocycles. The van der Waals surface area contributed by atoms with Crippen LogP contribution < -0.4 is 5.32 Å². The summed E-state index contributed by atoms with van der Waals surface area (Å²) in [7, 11) is 0. The first-order valence-electron chi connectivity index (χ1n) is 12.2. The number of fused-ring (bicyclic) bond motifs is 3. The molecule has 0 saturated heterocycles. The van der Waals surface area contributed by atoms with Crippen molar-refractivity contribution in [3.05, 3.63) is 70.7 Å². The highest BCUT2D eigenvalue weighted by molar-refractivity contribution is 5.92. The normalized spacial score (nSPS) is 12.7. The van der Waals surface area contributed by atoms with Crippen molar-refractivity contribution in [3.8, 4) is 11.3 Å². The molecule has 1 aliphatic carbocycles. The Morgan fingerprint density at radius 2 is 1.92 bits per heavy atom. The molecule has 1 aromatic carbocycles. The zero-order valence-electron chi connectivity index (χ0n) is 21.2. The number of alkyl carbamates (subject to hydrolysis) is 1. The summed E-state index contributed by atoms with van der Waals surface area (Å²) in [6.45, 7) is 8.04. The number of amides is 1. The second-order valence-electron chi connectivity index (χ2n) is 9.56. The van der Waals surface area contributed by atoms with E-state index in [-0.39, 0.29) is 13.2 Å². The fourth-order valence-electron chi connectivity index (χ4n) is 4.14. The molecular formula is C28H32N4O4. The Morgan fingerprint density at radius 1 is 1.14 bits per heavy atom. The fourth-order valence-corrected chi connectivity index (χ4v) is 4.14. The molecule has 1 N–H and O–H groups in total. The van der Waals surface area contributed by atoms with Gasteiger partial charge in [0, 0.05) is 23.9 Å². The number of esters is 1. The predicted molar refractivity (Wildman–Crippen MR) is 138 cm³/mol. The molecule has 8 heteroatoms. The maximum Gasteiger partial charge on any atom is 0.407 e. The van der Waals surface area contributed by atoms with Gasteiger partial charge in [0.15, 0.2) is 0 Å². The number of aromatic nitrogens is 3. The molecule has 1 aliphatic rings. The van der Waals surface area contributed by atoms with Crippen LogP contribution in [0.2, 0.25) is 0 Å². The largest absolute Gasteiger partial charge is 0.461 e. The molecule has 8 nitrogen and oxygen atoms in total. The van der Waals surface area contributed by atoms with Gasteiger partial charge in [0.1, 0.15) is 11.3 Å². The van der Waals surface area contributed by atoms with Gasteiger partial charge in [0.05, 0.1) is 24.5 Å². The van der Waals surface area contributed by atoms with Gasteiger partial charge < -0.3 is 14.8 Å². The molecule has 3 aromatic rings. The van der Waals surface area contributed by atoms with E-state index in [1.54, 1.807) is 11.6 Å². The topological polar surface area (TPSA) is 95.3 Å². The van der Waals surface area contributed by atoms with Crippen LogP contribution in [0.25, 0.3) is 23.4 Å². The van der Waals surface area contributed by atoms with Crippen LogP contribution in [0, 0.1) is 0 Å². The van der Waals surface area contributed by atoms with Crippen molar-refractivity contribution < 1.29 is 19.1 Å². The summed E-state index contributed by atoms with van der Waals surface area (Å²) in [6, 6.07) is 12.0. The van der Waals surface area contributed by atoms with E-state index < -0.39 is 17.7 Å². The summed E-state index contributed by atoms with van der Waals surface area (Å²) in [6.07, 6.45) is 6.78. The van der Waals surface area contributed by atoms with E-state index in [0.717, 1.165) is 40.1 Å². The van der Waals surface area contributed by atoms with Crippen LogP contribution in [0.1, 0.15) is 60.6 Å². The lowest BCUT2D eigenvalue weighted by Gasteiger charge is -2.19. The molecule has 0 fully saturated rings. The average molecular weight is 489 g/mol. The lowest BCUT2D eigenvalue weighted by molar-refractivity contribution is 0.0510. The van der Waals surface area contributed by atoms with Crippen LogP contribution in [0.5, 0.6) is 0 Å². The van der Waals surface area contributed by atoms with Gasteiger partial charge >= 0.3 is 12.1 Å². The number of nitrogens with zero attached hydrogens (tertiary/aromatic N) is 3. The van der Waals surface area contributed by atoms with Gasteiger partial charge in [-0.1, -0.05) is 36.4 Å². The van der Waals surface area contributed by atoms with Crippen LogP contribution in [0.3, 0.4) is 0 Å². The van der Waals surface area contributed by atoms with E-state index in [1.807, 2.05) is 75.5 Å². The van der Waals surface area contributed by atoms with E-state index in [4.69, 9.17) is 14.6 Å². The third kappa shape index (κ3) is 6.00. The monoisotopic (exact) mass is 488 g/mol. The number of aryl methyl sites for hydroxylation is 1. The van der Waals surface area contributed by atoms with Crippen molar-refractivity contribution in [1.82, 2.24) is 20.1 Å². The van der Waals surface area contributed by atoms with Gasteiger partial charge in [0.2, 0.25) is 0 Å². The second-order valence-corrected chi connectivity index (χ2v) is 9.56. The zero-order chi connectivity index (χ0) is 25.7. The Hall–Kier alpha value is -3.94. The second kappa shape index (κ2) is 10.8. The molecule has 4 rings (SSSR count). The molecule has 2 aromatic heterocycles. The number of nitrogens with one attached hydrogen (secondary N) is 1. The van der Waals surface area contributed by atoms with Gasteiger partial charge in [-0.15, -0.1) is 0 Å². The predicted octanol–water partition coefficient (Wildman–Crippen LogP) is 4.92. The quantitative estimate of drug-likeness (QED) is 0.475. The first kappa shape index (κ1) is 25.2. The van der Waals surface area contributed by atoms with Crippen LogP contribution in [0.4, 0.5) is 4.79 Å². The van der Waals surface area contributed by atoms with E-state index in [9.17, 15) is 9.59 Å². The zero-order valence-corrected chi connectivity index (χ0v) is 21.2. The average Bonchev–Trinajstić information content (AvgIpc) is 3.21. The lowest BCUT2D eigenvalue weighted by Crippen LogP contribution is -2.34. The number of carbonyl (C=O) groups excluding carboxylic acids is 2. The van der Waals surface area contributed by atoms with E-state index in [1.165, 1.54) is 0 Å². The minimum Gasteiger partial charge on any atom is -0.461 e. The van der Waals surface area contributed by atoms with Crippen LogP contribution in [-0.2, 0) is 28.9 Å². The molecule has 0 atom stereocenters. The summed E-state index contributed by atoms with van der Waals surface area (Å²) in [5, 5.41) is 7.53. The molecule has 0 saturated carbocycles. The smallest absolute Gasteiger partial charge is 0.407 e. The summed E-state index contributed by atoms with van der Waals surface area (Å²) < 4.78 is 12.3. The number of rotatable bonds is 7. The van der Waals surface area contributed by atoms with Gasteiger partial charge in [-0.25, -0.2) is 9.59 Å². The van der Waals surface area contributed by atoms with Gasteiger partial charge in [-0.05, 0) is 63.8 Å². The van der Waals surface area contributed by atoms with Gasteiger partial charge in [-0.3, -0.25) is 9.67 Å². The third-order valence-electron chi connectivity index (χ3n) is 5.66. The molecule has 0 radical (unpaired) electrons. The number of hydrogen-bond donors (Lipinski definition) is 1. The van der Waals surface area contributed by atoms with E-state index >= 15 is 0 Å². The Morgan fingerprint density at radius 3 is 2.64 bits per heavy atom. The SMILES string of the molecule is CCOC(=O)c1c2c(nn1CCNC(=O)OC(C)(C)C)-c1cc(/C=C/c3ccccc3)ncc1CC2. The molecular weight excluding hydrogens is 456 g/mol. The van der Waals surface area contributed by atoms with Crippen molar-refractivity contribution in [2.24, 2.45) is 0 Å². The number of hydrogen-bond acceptors (Lipinski definition) is 6. The van der Waals surface area contributed by atoms with Crippen molar-refractivity contribution in [1.29, 1.82) is 0 Å². The standard InChI is InChI=1S/C28H32N4O4/c1-5-35-26(33)25-22-14-12-20-18-30-21(13-11-19-9-7-6-8-10-19)17-23(20)24(22)31-32(25)16-15-29-27(34)36-28(2,3)4/h6-11,13,17-18H,5,12,14-16H2,1-4H3,(H,29,34)/b13-11+. The summed E-state index contributed by atoms with van der Waals surface area (Å²) in [5.74, 6) is -0.412. The summed E-state index contributed by atoms with van der Waals surface area (Å²) >= 11 is 0. The first-order chi connectivity index (χ1) is 17.2. The van der Waals surface area contributed by atoms with Crippen LogP contribution >= 0.6 is 0 Å². The Labute approximate surface area is 211 Å². The first-order valence-corrected chi connectivity index (χ1v) is 12.2. The summed E-state index contributed by atoms with van der Waals surface area (Å²) in [5.41, 5.74) is 5.41. The molecule has 0 spiro atoms. The highest BCUT2D eigenvalue weighted by Crippen LogP contribution is 2.35. The molecule has 0 unspecified atom stereocenters. The molecule has 1 amide bonds. The Kier molecular flexibility index (Phi) is 7.52. The lowest BCUT2D eigenvalue weighted by atomic mass is 9.89. The van der Waals surface area contributed by atoms with Crippen LogP contribution in [0.15, 0.2) is 42.6 Å². The summed E-state index contributed by atoms with van der Waals surface area (Å²) in [4.78, 5) is 29.6. The van der Waals surface area contributed by atoms with E-state index in [0.29, 0.717) is 18.7 Å². The van der Waals surface area contributed by atoms with Crippen molar-refractivity contribution >= 4 is 24.2 Å². The third-order valence-corrected chi connectivity index (χ3v) is 5.66. The minimum absolute atomic E-state index is 0.260. The van der Waals surface area contributed by atoms with E-state index in [2.05, 4.69) is 10.3 Å². The maximum atomic E-state index is 12.9. The number of benzene rings is 1. The van der Waals surface area contributed by atoms with Gasteiger partial charge in [0.25, 0.3) is 0 Å². The van der Waals surface area contributed by atoms with Crippen LogP contribution in [-0.4, -0.2) is 45.6 Å². The molecule has 188 valence electrons. The fraction of sp³-hybridized carbons (Fsp3) is 0.357.